The van der Waals surface area contributed by atoms with Gasteiger partial charge in [0.15, 0.2) is 0 Å². The molecule has 1 rings (SSSR count). The van der Waals surface area contributed by atoms with Crippen LogP contribution in [0.4, 0.5) is 0 Å². The fourth-order valence-electron chi connectivity index (χ4n) is 1.36. The predicted molar refractivity (Wildman–Crippen MR) is 91.6 cm³/mol. The SMILES string of the molecule is CCc1cc(OC)ccc1[C-]=CC(=O)N[C-]=S.[CH2-]C(C)CO.[K+]. The number of thiocarbonyl (C=S) groups is 1. The normalized spacial score (nSPS) is 10.8. The number of hydrogen-bond acceptors (Lipinski definition) is 4. The van der Waals surface area contributed by atoms with Crippen LogP contribution in [0.2, 0.25) is 0 Å². The van der Waals surface area contributed by atoms with Gasteiger partial charge in [0.2, 0.25) is 0 Å². The van der Waals surface area contributed by atoms with E-state index in [0.717, 1.165) is 23.3 Å². The summed E-state index contributed by atoms with van der Waals surface area (Å²) in [5.41, 5.74) is 4.08. The molecule has 0 aliphatic carbocycles. The van der Waals surface area contributed by atoms with Crippen LogP contribution in [0.15, 0.2) is 24.3 Å². The van der Waals surface area contributed by atoms with E-state index in [1.54, 1.807) is 7.11 Å². The van der Waals surface area contributed by atoms with Gasteiger partial charge in [-0.15, -0.1) is 35.3 Å². The fraction of sp³-hybridized carbons (Fsp3) is 0.353. The topological polar surface area (TPSA) is 58.6 Å². The van der Waals surface area contributed by atoms with Gasteiger partial charge in [-0.05, 0) is 0 Å². The summed E-state index contributed by atoms with van der Waals surface area (Å²) in [6, 6.07) is 5.63. The van der Waals surface area contributed by atoms with E-state index in [1.807, 2.05) is 32.0 Å². The van der Waals surface area contributed by atoms with Crippen molar-refractivity contribution in [1.29, 1.82) is 0 Å². The maximum absolute atomic E-state index is 11.2. The van der Waals surface area contributed by atoms with Gasteiger partial charge < -0.3 is 26.9 Å². The van der Waals surface area contributed by atoms with Crippen molar-refractivity contribution in [3.8, 4) is 5.75 Å². The Morgan fingerprint density at radius 2 is 2.17 bits per heavy atom. The molecule has 0 saturated heterocycles. The molecule has 0 radical (unpaired) electrons. The Bertz CT molecular complexity index is 505. The molecule has 0 saturated carbocycles. The van der Waals surface area contributed by atoms with Gasteiger partial charge in [-0.1, -0.05) is 37.9 Å². The monoisotopic (exact) mass is 359 g/mol. The Morgan fingerprint density at radius 1 is 1.57 bits per heavy atom. The van der Waals surface area contributed by atoms with Crippen LogP contribution >= 0.6 is 12.2 Å². The third kappa shape index (κ3) is 12.0. The zero-order chi connectivity index (χ0) is 17.0. The van der Waals surface area contributed by atoms with Gasteiger partial charge in [-0.25, -0.2) is 12.2 Å². The molecule has 0 fully saturated rings. The van der Waals surface area contributed by atoms with Crippen molar-refractivity contribution in [2.24, 2.45) is 5.92 Å². The van der Waals surface area contributed by atoms with E-state index in [9.17, 15) is 4.79 Å². The fourth-order valence-corrected chi connectivity index (χ4v) is 1.46. The van der Waals surface area contributed by atoms with Crippen LogP contribution in [0.25, 0.3) is 0 Å². The number of benzene rings is 1. The van der Waals surface area contributed by atoms with Crippen molar-refractivity contribution >= 4 is 23.6 Å². The van der Waals surface area contributed by atoms with Crippen molar-refractivity contribution in [2.45, 2.75) is 20.3 Å². The number of aliphatic hydroxyl groups is 1. The standard InChI is InChI=1S/C13H13NO2S.C4H9O.K/c1-3-10-8-12(16-2)6-4-11(10)5-7-13(15)14-9-17;1-4(2)3-5;/h4,6-8H,3H2,1-2H3,(H,14,15,17);4-5H,1,3H2,2H3;/q-2;-1;+1. The number of hydrogen-bond donors (Lipinski definition) is 2. The van der Waals surface area contributed by atoms with Gasteiger partial charge in [0.05, 0.1) is 13.0 Å². The quantitative estimate of drug-likeness (QED) is 0.233. The summed E-state index contributed by atoms with van der Waals surface area (Å²) in [7, 11) is 1.62. The van der Waals surface area contributed by atoms with Crippen molar-refractivity contribution in [3.63, 3.8) is 0 Å². The first-order valence-corrected chi connectivity index (χ1v) is 7.26. The Balaban J connectivity index is 0. The summed E-state index contributed by atoms with van der Waals surface area (Å²) in [6.45, 7) is 7.60. The van der Waals surface area contributed by atoms with Crippen LogP contribution in [0.5, 0.6) is 5.75 Å². The number of aliphatic hydroxyl groups excluding tert-OH is 1. The molecular formula is C17H22KNO3S-2. The Morgan fingerprint density at radius 3 is 2.61 bits per heavy atom. The maximum atomic E-state index is 11.2. The minimum atomic E-state index is -0.335. The number of carbonyl (C=O) groups is 1. The molecular weight excluding hydrogens is 337 g/mol. The summed E-state index contributed by atoms with van der Waals surface area (Å²) in [4.78, 5) is 11.2. The average molecular weight is 360 g/mol. The third-order valence-corrected chi connectivity index (χ3v) is 2.64. The van der Waals surface area contributed by atoms with E-state index >= 15 is 0 Å². The van der Waals surface area contributed by atoms with Crippen LogP contribution in [-0.4, -0.2) is 30.2 Å². The molecule has 0 aromatic heterocycles. The number of nitrogens with one attached hydrogen (secondary N) is 1. The summed E-state index contributed by atoms with van der Waals surface area (Å²) in [5, 5.41) is 10.3. The van der Waals surface area contributed by atoms with Gasteiger partial charge in [0, 0.05) is 6.61 Å². The van der Waals surface area contributed by atoms with Crippen LogP contribution in [0.1, 0.15) is 25.0 Å². The minimum absolute atomic E-state index is 0. The first kappa shape index (κ1) is 25.2. The van der Waals surface area contributed by atoms with Crippen molar-refractivity contribution in [2.75, 3.05) is 13.7 Å². The largest absolute Gasteiger partial charge is 1.00 e. The average Bonchev–Trinajstić information content (AvgIpc) is 2.53. The number of carbonyl (C=O) groups excluding carboxylic acids is 1. The first-order valence-electron chi connectivity index (χ1n) is 6.86. The number of ether oxygens (including phenoxy) is 1. The molecule has 4 nitrogen and oxygen atoms in total. The second-order valence-corrected chi connectivity index (χ2v) is 4.75. The zero-order valence-electron chi connectivity index (χ0n) is 14.2. The molecule has 6 heteroatoms. The molecule has 1 aromatic rings. The third-order valence-electron chi connectivity index (χ3n) is 2.54. The minimum Gasteiger partial charge on any atom is -0.498 e. The van der Waals surface area contributed by atoms with Crippen LogP contribution in [-0.2, 0) is 11.2 Å². The second-order valence-electron chi connectivity index (χ2n) is 4.54. The zero-order valence-corrected chi connectivity index (χ0v) is 18.1. The first-order chi connectivity index (χ1) is 10.5. The summed E-state index contributed by atoms with van der Waals surface area (Å²) >= 11 is 4.39. The second kappa shape index (κ2) is 15.4. The number of rotatable bonds is 6. The van der Waals surface area contributed by atoms with Gasteiger partial charge in [-0.2, -0.15) is 0 Å². The van der Waals surface area contributed by atoms with Crippen molar-refractivity contribution < 1.29 is 66.0 Å². The molecule has 2 N–H and O–H groups in total. The number of aryl methyl sites for hydroxylation is 1. The van der Waals surface area contributed by atoms with Gasteiger partial charge in [0.25, 0.3) is 0 Å². The van der Waals surface area contributed by atoms with Crippen molar-refractivity contribution in [1.82, 2.24) is 5.32 Å². The molecule has 23 heavy (non-hydrogen) atoms. The molecule has 1 unspecified atom stereocenters. The summed E-state index contributed by atoms with van der Waals surface area (Å²) in [6.07, 6.45) is 5.07. The molecule has 1 amide bonds. The molecule has 1 atom stereocenters. The van der Waals surface area contributed by atoms with E-state index in [1.165, 1.54) is 6.08 Å². The molecule has 0 aliphatic heterocycles. The van der Waals surface area contributed by atoms with Gasteiger partial charge in [-0.3, -0.25) is 0 Å². The molecule has 0 bridgehead atoms. The van der Waals surface area contributed by atoms with Gasteiger partial charge >= 0.3 is 51.4 Å². The predicted octanol–water partition coefficient (Wildman–Crippen LogP) is -0.632. The molecule has 0 heterocycles. The van der Waals surface area contributed by atoms with E-state index in [2.05, 4.69) is 36.0 Å². The number of methoxy groups -OCH3 is 1. The molecule has 122 valence electrons. The number of amides is 1. The van der Waals surface area contributed by atoms with Crippen molar-refractivity contribution in [3.05, 3.63) is 48.4 Å². The van der Waals surface area contributed by atoms with E-state index in [-0.39, 0.29) is 69.8 Å². The Hall–Kier alpha value is -0.0836. The van der Waals surface area contributed by atoms with Crippen LogP contribution in [0.3, 0.4) is 0 Å². The molecule has 0 aliphatic rings. The Labute approximate surface area is 187 Å². The maximum Gasteiger partial charge on any atom is 1.00 e. The Kier molecular flexibility index (Phi) is 16.9. The molecule has 0 spiro atoms. The summed E-state index contributed by atoms with van der Waals surface area (Å²) < 4.78 is 5.13. The van der Waals surface area contributed by atoms with E-state index in [4.69, 9.17) is 9.84 Å². The van der Waals surface area contributed by atoms with Crippen LogP contribution in [0, 0.1) is 18.9 Å². The van der Waals surface area contributed by atoms with E-state index in [0.29, 0.717) is 0 Å². The summed E-state index contributed by atoms with van der Waals surface area (Å²) in [5.74, 6) is 0.650. The molecule has 1 aromatic carbocycles. The smallest absolute Gasteiger partial charge is 0.498 e. The van der Waals surface area contributed by atoms with E-state index < -0.39 is 0 Å². The van der Waals surface area contributed by atoms with Gasteiger partial charge in [0.1, 0.15) is 5.75 Å². The van der Waals surface area contributed by atoms with Crippen LogP contribution < -0.4 is 61.4 Å².